The summed E-state index contributed by atoms with van der Waals surface area (Å²) >= 11 is 0. The Morgan fingerprint density at radius 3 is 1.82 bits per heavy atom. The first-order valence-corrected chi connectivity index (χ1v) is 2.83. The number of rotatable bonds is 0. The summed E-state index contributed by atoms with van der Waals surface area (Å²) in [5.41, 5.74) is 1.24. The quantitative estimate of drug-likeness (QED) is 0.469. The number of hydrogen-bond donors (Lipinski definition) is 3. The topological polar surface area (TPSA) is 60.7 Å². The van der Waals surface area contributed by atoms with E-state index in [1.807, 2.05) is 0 Å². The van der Waals surface area contributed by atoms with Gasteiger partial charge in [0.05, 0.1) is 0 Å². The van der Waals surface area contributed by atoms with Crippen LogP contribution in [-0.4, -0.2) is 22.8 Å². The molecule has 3 N–H and O–H groups in total. The van der Waals surface area contributed by atoms with Crippen LogP contribution in [0, 0.1) is 5.82 Å². The van der Waals surface area contributed by atoms with Crippen molar-refractivity contribution in [3.05, 3.63) is 17.9 Å². The molecular formula is C6H5BFO3. The molecule has 0 saturated carbocycles. The van der Waals surface area contributed by atoms with Gasteiger partial charge in [0.1, 0.15) is 11.6 Å². The van der Waals surface area contributed by atoms with E-state index in [0.717, 1.165) is 6.07 Å². The third-order valence-corrected chi connectivity index (χ3v) is 1.29. The lowest BCUT2D eigenvalue weighted by Gasteiger charge is -1.73. The van der Waals surface area contributed by atoms with Gasteiger partial charge in [-0.05, 0) is 6.07 Å². The van der Waals surface area contributed by atoms with E-state index < -0.39 is 0 Å². The molecule has 0 aliphatic heterocycles. The van der Waals surface area contributed by atoms with Crippen LogP contribution in [-0.2, 0) is 0 Å². The van der Waals surface area contributed by atoms with E-state index >= 15 is 0 Å². The summed E-state index contributed by atoms with van der Waals surface area (Å²) in [6.45, 7) is 0. The van der Waals surface area contributed by atoms with Crippen LogP contribution in [0.15, 0.2) is 12.1 Å². The molecule has 11 heavy (non-hydrogen) atoms. The molecule has 2 aliphatic rings. The average Bonchev–Trinajstić information content (AvgIpc) is 2.61. The van der Waals surface area contributed by atoms with E-state index in [0.29, 0.717) is 11.1 Å². The lowest BCUT2D eigenvalue weighted by molar-refractivity contribution is 0.448. The Hall–Kier alpha value is -1.07. The zero-order chi connectivity index (χ0) is 8.43. The Bertz CT molecular complexity index is 254. The van der Waals surface area contributed by atoms with Gasteiger partial charge in [-0.3, -0.25) is 0 Å². The van der Waals surface area contributed by atoms with Crippen LogP contribution in [0.3, 0.4) is 0 Å². The van der Waals surface area contributed by atoms with Crippen molar-refractivity contribution in [3.8, 4) is 16.9 Å². The molecular weight excluding hydrogens is 150 g/mol. The fourth-order valence-electron chi connectivity index (χ4n) is 0.793. The third kappa shape index (κ3) is 1.50. The van der Waals surface area contributed by atoms with Crippen LogP contribution in [0.5, 0.6) is 5.75 Å². The van der Waals surface area contributed by atoms with Crippen molar-refractivity contribution in [2.24, 2.45) is 0 Å². The van der Waals surface area contributed by atoms with Gasteiger partial charge >= 0.3 is 7.69 Å². The number of fused-ring (bicyclic) bond motifs is 1. The van der Waals surface area contributed by atoms with Crippen molar-refractivity contribution in [1.29, 1.82) is 0 Å². The Morgan fingerprint density at radius 1 is 1.18 bits per heavy atom. The van der Waals surface area contributed by atoms with Crippen LogP contribution in [0.1, 0.15) is 0 Å². The fraction of sp³-hybridized carbons (Fsp3) is 0. The molecule has 5 heteroatoms. The van der Waals surface area contributed by atoms with Gasteiger partial charge in [-0.1, -0.05) is 0 Å². The maximum Gasteiger partial charge on any atom is 0.482 e. The van der Waals surface area contributed by atoms with Gasteiger partial charge in [0.2, 0.25) is 0 Å². The number of phenols is 1. The molecule has 57 valence electrons. The normalized spacial score (nSPS) is 9.73. The molecule has 0 aromatic rings. The number of aromatic hydroxyl groups is 1. The summed E-state index contributed by atoms with van der Waals surface area (Å²) in [6.07, 6.45) is 0. The second-order valence-corrected chi connectivity index (χ2v) is 1.96. The third-order valence-electron chi connectivity index (χ3n) is 1.29. The Labute approximate surface area is 63.0 Å². The van der Waals surface area contributed by atoms with Gasteiger partial charge in [0.15, 0.2) is 0 Å². The number of halogens is 1. The molecule has 0 unspecified atom stereocenters. The number of hydrogen-bond acceptors (Lipinski definition) is 3. The van der Waals surface area contributed by atoms with Gasteiger partial charge in [0, 0.05) is 17.2 Å². The van der Waals surface area contributed by atoms with Crippen LogP contribution < -0.4 is 0 Å². The number of benzene rings is 1. The molecule has 0 spiro atoms. The molecule has 0 heterocycles. The van der Waals surface area contributed by atoms with Crippen molar-refractivity contribution in [2.75, 3.05) is 0 Å². The van der Waals surface area contributed by atoms with Crippen molar-refractivity contribution in [1.82, 2.24) is 0 Å². The maximum absolute atomic E-state index is 12.2. The SMILES string of the molecule is O[B]O.Oc1cc(F)c2cc1-2. The zero-order valence-electron chi connectivity index (χ0n) is 5.45. The van der Waals surface area contributed by atoms with Crippen molar-refractivity contribution >= 4 is 7.69 Å². The summed E-state index contributed by atoms with van der Waals surface area (Å²) in [7, 11) is 0. The monoisotopic (exact) mass is 155 g/mol. The highest BCUT2D eigenvalue weighted by Crippen LogP contribution is 2.45. The molecule has 0 saturated heterocycles. The second kappa shape index (κ2) is 2.90. The summed E-state index contributed by atoms with van der Waals surface area (Å²) in [5.74, 6) is -0.241. The molecule has 1 radical (unpaired) electrons. The molecule has 0 aromatic heterocycles. The molecule has 3 nitrogen and oxygen atoms in total. The first-order valence-electron chi connectivity index (χ1n) is 2.83. The predicted molar refractivity (Wildman–Crippen MR) is 37.3 cm³/mol. The highest BCUT2D eigenvalue weighted by Gasteiger charge is 2.23. The molecule has 0 fully saturated rings. The van der Waals surface area contributed by atoms with Gasteiger partial charge < -0.3 is 15.2 Å². The first-order chi connectivity index (χ1) is 5.20. The summed E-state index contributed by atoms with van der Waals surface area (Å²) < 4.78 is 12.2. The van der Waals surface area contributed by atoms with E-state index in [1.165, 1.54) is 0 Å². The Morgan fingerprint density at radius 2 is 1.73 bits per heavy atom. The van der Waals surface area contributed by atoms with Crippen molar-refractivity contribution < 1.29 is 19.5 Å². The molecule has 0 bridgehead atoms. The molecule has 0 atom stereocenters. The van der Waals surface area contributed by atoms with E-state index in [1.54, 1.807) is 6.07 Å². The largest absolute Gasteiger partial charge is 0.507 e. The van der Waals surface area contributed by atoms with Crippen LogP contribution in [0.25, 0.3) is 11.1 Å². The molecule has 0 aromatic carbocycles. The van der Waals surface area contributed by atoms with Crippen molar-refractivity contribution in [2.45, 2.75) is 0 Å². The minimum absolute atomic E-state index is 0. The molecule has 2 aliphatic carbocycles. The number of phenolic OH excluding ortho intramolecular Hbond substituents is 1. The summed E-state index contributed by atoms with van der Waals surface area (Å²) in [5, 5.41) is 22.7. The van der Waals surface area contributed by atoms with Gasteiger partial charge in [-0.15, -0.1) is 0 Å². The maximum atomic E-state index is 12.2. The second-order valence-electron chi connectivity index (χ2n) is 1.96. The van der Waals surface area contributed by atoms with E-state index in [2.05, 4.69) is 0 Å². The van der Waals surface area contributed by atoms with Crippen molar-refractivity contribution in [3.63, 3.8) is 0 Å². The fourth-order valence-corrected chi connectivity index (χ4v) is 0.793. The van der Waals surface area contributed by atoms with Gasteiger partial charge in [-0.25, -0.2) is 4.39 Å². The standard InChI is InChI=1S/C6H3FO.BH2O2/c7-5-2-6(8)4-1-3(4)5;2-1-3/h1-2,8H;2-3H. The highest BCUT2D eigenvalue weighted by atomic mass is 19.1. The lowest BCUT2D eigenvalue weighted by Crippen LogP contribution is -1.75. The smallest absolute Gasteiger partial charge is 0.482 e. The van der Waals surface area contributed by atoms with Gasteiger partial charge in [0.25, 0.3) is 0 Å². The zero-order valence-corrected chi connectivity index (χ0v) is 5.45. The predicted octanol–water partition coefficient (Wildman–Crippen LogP) is 0.0169. The first kappa shape index (κ1) is 8.04. The van der Waals surface area contributed by atoms with Crippen LogP contribution >= 0.6 is 0 Å². The lowest BCUT2D eigenvalue weighted by atomic mass is 10.5. The molecule has 0 amide bonds. The highest BCUT2D eigenvalue weighted by molar-refractivity contribution is 6.13. The molecule has 2 rings (SSSR count). The summed E-state index contributed by atoms with van der Waals surface area (Å²) in [6, 6.07) is 2.75. The van der Waals surface area contributed by atoms with Crippen LogP contribution in [0.4, 0.5) is 4.39 Å². The van der Waals surface area contributed by atoms with E-state index in [4.69, 9.17) is 15.2 Å². The van der Waals surface area contributed by atoms with Crippen LogP contribution in [0.2, 0.25) is 0 Å². The average molecular weight is 155 g/mol. The minimum atomic E-state index is -0.308. The summed E-state index contributed by atoms with van der Waals surface area (Å²) in [4.78, 5) is 0. The van der Waals surface area contributed by atoms with E-state index in [-0.39, 0.29) is 19.3 Å². The minimum Gasteiger partial charge on any atom is -0.507 e. The Balaban J connectivity index is 0.000000179. The van der Waals surface area contributed by atoms with E-state index in [9.17, 15) is 4.39 Å². The van der Waals surface area contributed by atoms with Gasteiger partial charge in [-0.2, -0.15) is 0 Å². The Kier molecular flexibility index (Phi) is 2.12.